The number of carboxylic acids is 1. The smallest absolute Gasteiger partial charge is 0.321 e. The molecule has 0 saturated heterocycles. The normalized spacial score (nSPS) is 9.85. The van der Waals surface area contributed by atoms with Crippen molar-refractivity contribution in [2.75, 3.05) is 0 Å². The largest absolute Gasteiger partial charge is 0.481 e. The van der Waals surface area contributed by atoms with Crippen LogP contribution in [0, 0.1) is 0 Å². The molecule has 0 aliphatic carbocycles. The topological polar surface area (TPSA) is 108 Å². The number of nitrogens with zero attached hydrogens (tertiary/aromatic N) is 1. The van der Waals surface area contributed by atoms with Gasteiger partial charge in [0.1, 0.15) is 0 Å². The highest BCUT2D eigenvalue weighted by Crippen LogP contribution is 2.05. The number of aryl methyl sites for hydroxylation is 1. The summed E-state index contributed by atoms with van der Waals surface area (Å²) in [6.45, 7) is 2.19. The van der Waals surface area contributed by atoms with Crippen LogP contribution < -0.4 is 10.6 Å². The van der Waals surface area contributed by atoms with E-state index in [1.54, 1.807) is 6.20 Å². The molecule has 20 heavy (non-hydrogen) atoms. The van der Waals surface area contributed by atoms with Gasteiger partial charge in [-0.3, -0.25) is 19.9 Å². The quantitative estimate of drug-likeness (QED) is 0.715. The van der Waals surface area contributed by atoms with Crippen LogP contribution in [0.2, 0.25) is 0 Å². The SMILES string of the molecule is CCc1cccnc1CNC(=O)NC(=O)CCC(=O)O. The Morgan fingerprint density at radius 2 is 2.05 bits per heavy atom. The standard InChI is InChI=1S/C13H17N3O4/c1-2-9-4-3-7-14-10(9)8-15-13(20)16-11(17)5-6-12(18)19/h3-4,7H,2,5-6,8H2,1H3,(H,18,19)(H2,15,16,17,20). The van der Waals surface area contributed by atoms with Crippen molar-refractivity contribution >= 4 is 17.9 Å². The highest BCUT2D eigenvalue weighted by molar-refractivity contribution is 5.95. The maximum Gasteiger partial charge on any atom is 0.321 e. The van der Waals surface area contributed by atoms with Crippen molar-refractivity contribution in [3.05, 3.63) is 29.6 Å². The van der Waals surface area contributed by atoms with Crippen LogP contribution in [0.1, 0.15) is 31.0 Å². The maximum absolute atomic E-state index is 11.5. The maximum atomic E-state index is 11.5. The zero-order chi connectivity index (χ0) is 15.0. The number of aromatic nitrogens is 1. The fourth-order valence-electron chi connectivity index (χ4n) is 1.57. The molecule has 0 aromatic carbocycles. The van der Waals surface area contributed by atoms with Crippen LogP contribution in [0.4, 0.5) is 4.79 Å². The van der Waals surface area contributed by atoms with E-state index in [-0.39, 0.29) is 19.4 Å². The zero-order valence-corrected chi connectivity index (χ0v) is 11.2. The molecule has 0 aliphatic heterocycles. The Morgan fingerprint density at radius 1 is 1.30 bits per heavy atom. The first kappa shape index (κ1) is 15.6. The molecule has 0 atom stereocenters. The number of urea groups is 1. The van der Waals surface area contributed by atoms with E-state index in [1.807, 2.05) is 19.1 Å². The lowest BCUT2D eigenvalue weighted by atomic mass is 10.1. The van der Waals surface area contributed by atoms with E-state index in [9.17, 15) is 14.4 Å². The second-order valence-corrected chi connectivity index (χ2v) is 4.09. The van der Waals surface area contributed by atoms with E-state index in [4.69, 9.17) is 5.11 Å². The van der Waals surface area contributed by atoms with Gasteiger partial charge in [0.15, 0.2) is 0 Å². The van der Waals surface area contributed by atoms with E-state index in [0.29, 0.717) is 0 Å². The zero-order valence-electron chi connectivity index (χ0n) is 11.2. The molecule has 1 aromatic heterocycles. The van der Waals surface area contributed by atoms with Gasteiger partial charge in [-0.25, -0.2) is 4.79 Å². The third kappa shape index (κ3) is 5.47. The van der Waals surface area contributed by atoms with Gasteiger partial charge in [0.25, 0.3) is 0 Å². The summed E-state index contributed by atoms with van der Waals surface area (Å²) in [7, 11) is 0. The Hall–Kier alpha value is -2.44. The molecule has 1 aromatic rings. The average molecular weight is 279 g/mol. The molecule has 7 heteroatoms. The summed E-state index contributed by atoms with van der Waals surface area (Å²) in [6, 6.07) is 3.07. The second-order valence-electron chi connectivity index (χ2n) is 4.09. The van der Waals surface area contributed by atoms with E-state index in [1.165, 1.54) is 0 Å². The third-order valence-electron chi connectivity index (χ3n) is 2.60. The van der Waals surface area contributed by atoms with Crippen LogP contribution in [0.3, 0.4) is 0 Å². The van der Waals surface area contributed by atoms with Crippen LogP contribution in [-0.4, -0.2) is 28.0 Å². The molecule has 0 aliphatic rings. The molecule has 0 saturated carbocycles. The first-order valence-corrected chi connectivity index (χ1v) is 6.25. The van der Waals surface area contributed by atoms with Crippen LogP contribution in [0.25, 0.3) is 0 Å². The van der Waals surface area contributed by atoms with E-state index >= 15 is 0 Å². The summed E-state index contributed by atoms with van der Waals surface area (Å²) < 4.78 is 0. The van der Waals surface area contributed by atoms with Crippen molar-refractivity contribution in [1.82, 2.24) is 15.6 Å². The molecule has 0 spiro atoms. The van der Waals surface area contributed by atoms with E-state index in [2.05, 4.69) is 15.6 Å². The number of imide groups is 1. The summed E-state index contributed by atoms with van der Waals surface area (Å²) in [5.74, 6) is -1.71. The second kappa shape index (κ2) is 7.88. The van der Waals surface area contributed by atoms with Crippen molar-refractivity contribution in [3.8, 4) is 0 Å². The first-order valence-electron chi connectivity index (χ1n) is 6.25. The van der Waals surface area contributed by atoms with Crippen molar-refractivity contribution < 1.29 is 19.5 Å². The predicted molar refractivity (Wildman–Crippen MR) is 70.9 cm³/mol. The highest BCUT2D eigenvalue weighted by Gasteiger charge is 2.10. The average Bonchev–Trinajstić information content (AvgIpc) is 2.43. The molecule has 3 N–H and O–H groups in total. The molecular weight excluding hydrogens is 262 g/mol. The van der Waals surface area contributed by atoms with Gasteiger partial charge in [-0.15, -0.1) is 0 Å². The number of pyridine rings is 1. The molecule has 108 valence electrons. The van der Waals surface area contributed by atoms with Crippen molar-refractivity contribution in [3.63, 3.8) is 0 Å². The minimum Gasteiger partial charge on any atom is -0.481 e. The number of carboxylic acid groups (broad SMARTS) is 1. The van der Waals surface area contributed by atoms with E-state index in [0.717, 1.165) is 17.7 Å². The number of hydrogen-bond acceptors (Lipinski definition) is 4. The van der Waals surface area contributed by atoms with Gasteiger partial charge in [0.2, 0.25) is 5.91 Å². The number of rotatable bonds is 6. The summed E-state index contributed by atoms with van der Waals surface area (Å²) >= 11 is 0. The van der Waals surface area contributed by atoms with Gasteiger partial charge < -0.3 is 10.4 Å². The van der Waals surface area contributed by atoms with Gasteiger partial charge in [-0.05, 0) is 18.1 Å². The lowest BCUT2D eigenvalue weighted by molar-refractivity contribution is -0.138. The number of nitrogens with one attached hydrogen (secondary N) is 2. The van der Waals surface area contributed by atoms with Crippen LogP contribution >= 0.6 is 0 Å². The monoisotopic (exact) mass is 279 g/mol. The fourth-order valence-corrected chi connectivity index (χ4v) is 1.57. The van der Waals surface area contributed by atoms with Crippen LogP contribution in [0.15, 0.2) is 18.3 Å². The Balaban J connectivity index is 2.39. The van der Waals surface area contributed by atoms with Gasteiger partial charge in [-0.1, -0.05) is 13.0 Å². The minimum atomic E-state index is -1.08. The lowest BCUT2D eigenvalue weighted by Gasteiger charge is -2.08. The number of carbonyl (C=O) groups excluding carboxylic acids is 2. The molecule has 0 fully saturated rings. The Labute approximate surface area is 116 Å². The number of hydrogen-bond donors (Lipinski definition) is 3. The molecule has 1 heterocycles. The number of amides is 3. The number of aliphatic carboxylic acids is 1. The Bertz CT molecular complexity index is 502. The van der Waals surface area contributed by atoms with E-state index < -0.39 is 17.9 Å². The summed E-state index contributed by atoms with van der Waals surface area (Å²) in [4.78, 5) is 37.1. The summed E-state index contributed by atoms with van der Waals surface area (Å²) in [5, 5.41) is 13.0. The Morgan fingerprint density at radius 3 is 2.70 bits per heavy atom. The van der Waals surface area contributed by atoms with Crippen molar-refractivity contribution in [2.24, 2.45) is 0 Å². The van der Waals surface area contributed by atoms with Crippen molar-refractivity contribution in [2.45, 2.75) is 32.7 Å². The molecule has 0 bridgehead atoms. The lowest BCUT2D eigenvalue weighted by Crippen LogP contribution is -2.39. The summed E-state index contributed by atoms with van der Waals surface area (Å²) in [6.07, 6.45) is 1.89. The number of carbonyl (C=O) groups is 3. The van der Waals surface area contributed by atoms with Gasteiger partial charge in [-0.2, -0.15) is 0 Å². The highest BCUT2D eigenvalue weighted by atomic mass is 16.4. The molecule has 1 rings (SSSR count). The van der Waals surface area contributed by atoms with Gasteiger partial charge in [0, 0.05) is 12.6 Å². The molecule has 0 radical (unpaired) electrons. The third-order valence-corrected chi connectivity index (χ3v) is 2.60. The van der Waals surface area contributed by atoms with Gasteiger partial charge in [0.05, 0.1) is 18.7 Å². The first-order chi connectivity index (χ1) is 9.52. The van der Waals surface area contributed by atoms with Gasteiger partial charge >= 0.3 is 12.0 Å². The molecule has 0 unspecified atom stereocenters. The Kier molecular flexibility index (Phi) is 6.15. The molecular formula is C13H17N3O4. The minimum absolute atomic E-state index is 0.210. The summed E-state index contributed by atoms with van der Waals surface area (Å²) in [5.41, 5.74) is 1.76. The van der Waals surface area contributed by atoms with Crippen LogP contribution in [-0.2, 0) is 22.6 Å². The predicted octanol–water partition coefficient (Wildman–Crippen LogP) is 0.835. The fraction of sp³-hybridized carbons (Fsp3) is 0.385. The van der Waals surface area contributed by atoms with Crippen molar-refractivity contribution in [1.29, 1.82) is 0 Å². The molecule has 3 amide bonds. The van der Waals surface area contributed by atoms with Crippen LogP contribution in [0.5, 0.6) is 0 Å². The molecule has 7 nitrogen and oxygen atoms in total.